The smallest absolute Gasteiger partial charge is 0.234 e. The fourth-order valence-corrected chi connectivity index (χ4v) is 2.45. The Morgan fingerprint density at radius 3 is 2.72 bits per heavy atom. The Morgan fingerprint density at radius 2 is 2.04 bits per heavy atom. The molecule has 0 saturated heterocycles. The van der Waals surface area contributed by atoms with E-state index < -0.39 is 0 Å². The van der Waals surface area contributed by atoms with Crippen molar-refractivity contribution in [3.63, 3.8) is 0 Å². The molecule has 0 saturated carbocycles. The second-order valence-electron chi connectivity index (χ2n) is 5.64. The van der Waals surface area contributed by atoms with Gasteiger partial charge in [0.25, 0.3) is 0 Å². The summed E-state index contributed by atoms with van der Waals surface area (Å²) in [6, 6.07) is 16.6. The molecule has 0 bridgehead atoms. The molecule has 0 aromatic heterocycles. The second-order valence-corrected chi connectivity index (χ2v) is 6.07. The van der Waals surface area contributed by atoms with Crippen LogP contribution >= 0.6 is 11.6 Å². The zero-order chi connectivity index (χ0) is 18.1. The lowest BCUT2D eigenvalue weighted by Gasteiger charge is -2.16. The maximum absolute atomic E-state index is 11.9. The minimum Gasteiger partial charge on any atom is -0.492 e. The van der Waals surface area contributed by atoms with Crippen LogP contribution in [0.25, 0.3) is 0 Å². The minimum absolute atomic E-state index is 0.0640. The number of benzene rings is 2. The number of nitrogens with zero attached hydrogens (tertiary/aromatic N) is 2. The highest BCUT2D eigenvalue weighted by atomic mass is 35.5. The van der Waals surface area contributed by atoms with Gasteiger partial charge in [-0.1, -0.05) is 29.8 Å². The van der Waals surface area contributed by atoms with Gasteiger partial charge >= 0.3 is 0 Å². The van der Waals surface area contributed by atoms with E-state index in [1.54, 1.807) is 24.3 Å². The normalized spacial score (nSPS) is 10.3. The topological polar surface area (TPSA) is 65.4 Å². The number of amides is 1. The number of hydrogen-bond donors (Lipinski definition) is 1. The Balaban J connectivity index is 1.66. The van der Waals surface area contributed by atoms with Gasteiger partial charge in [-0.15, -0.1) is 0 Å². The lowest BCUT2D eigenvalue weighted by Crippen LogP contribution is -2.36. The van der Waals surface area contributed by atoms with E-state index in [2.05, 4.69) is 11.4 Å². The van der Waals surface area contributed by atoms with Crippen molar-refractivity contribution in [3.8, 4) is 11.8 Å². The maximum Gasteiger partial charge on any atom is 0.234 e. The van der Waals surface area contributed by atoms with Crippen molar-refractivity contribution in [3.05, 3.63) is 64.7 Å². The molecule has 1 N–H and O–H groups in total. The number of nitrogens with one attached hydrogen (secondary N) is 1. The van der Waals surface area contributed by atoms with Crippen LogP contribution in [0.1, 0.15) is 11.1 Å². The van der Waals surface area contributed by atoms with Crippen LogP contribution in [0, 0.1) is 11.3 Å². The summed E-state index contributed by atoms with van der Waals surface area (Å²) in [5.74, 6) is 0.616. The minimum atomic E-state index is -0.0640. The molecular formula is C19H20ClN3O2. The van der Waals surface area contributed by atoms with Gasteiger partial charge in [-0.05, 0) is 42.9 Å². The van der Waals surface area contributed by atoms with E-state index in [0.717, 1.165) is 5.56 Å². The molecule has 2 aromatic carbocycles. The van der Waals surface area contributed by atoms with Gasteiger partial charge in [0.2, 0.25) is 5.91 Å². The molecule has 2 aromatic rings. The van der Waals surface area contributed by atoms with Crippen LogP contribution in [0.4, 0.5) is 0 Å². The van der Waals surface area contributed by atoms with Crippen molar-refractivity contribution in [2.75, 3.05) is 26.7 Å². The first kappa shape index (κ1) is 18.8. The Hall–Kier alpha value is -2.55. The highest BCUT2D eigenvalue weighted by molar-refractivity contribution is 6.30. The molecule has 0 radical (unpaired) electrons. The van der Waals surface area contributed by atoms with Crippen LogP contribution in [0.15, 0.2) is 48.5 Å². The van der Waals surface area contributed by atoms with E-state index >= 15 is 0 Å². The molecule has 6 heteroatoms. The molecule has 130 valence electrons. The number of rotatable bonds is 8. The third-order valence-corrected chi connectivity index (χ3v) is 3.67. The zero-order valence-electron chi connectivity index (χ0n) is 14.0. The van der Waals surface area contributed by atoms with Gasteiger partial charge in [0.05, 0.1) is 24.7 Å². The Bertz CT molecular complexity index is 741. The summed E-state index contributed by atoms with van der Waals surface area (Å²) in [6.45, 7) is 1.73. The predicted octanol–water partition coefficient (Wildman–Crippen LogP) is 2.84. The highest BCUT2D eigenvalue weighted by Crippen LogP contribution is 2.16. The van der Waals surface area contributed by atoms with Gasteiger partial charge in [-0.25, -0.2) is 0 Å². The van der Waals surface area contributed by atoms with E-state index in [1.807, 2.05) is 36.2 Å². The van der Waals surface area contributed by atoms with Crippen LogP contribution in [-0.4, -0.2) is 37.6 Å². The van der Waals surface area contributed by atoms with Crippen LogP contribution in [-0.2, 0) is 11.3 Å². The molecule has 0 fully saturated rings. The summed E-state index contributed by atoms with van der Waals surface area (Å²) in [4.78, 5) is 13.8. The van der Waals surface area contributed by atoms with Gasteiger partial charge in [-0.3, -0.25) is 9.69 Å². The fourth-order valence-electron chi connectivity index (χ4n) is 2.27. The SMILES string of the molecule is CN(CC(=O)NCCOc1cccc(Cl)c1)Cc1ccc(C#N)cc1. The van der Waals surface area contributed by atoms with Crippen molar-refractivity contribution in [2.24, 2.45) is 0 Å². The van der Waals surface area contributed by atoms with Crippen molar-refractivity contribution >= 4 is 17.5 Å². The summed E-state index contributed by atoms with van der Waals surface area (Å²) in [6.07, 6.45) is 0. The van der Waals surface area contributed by atoms with E-state index in [0.29, 0.717) is 36.0 Å². The molecule has 0 atom stereocenters. The number of nitriles is 1. The van der Waals surface area contributed by atoms with Crippen LogP contribution in [0.5, 0.6) is 5.75 Å². The summed E-state index contributed by atoms with van der Waals surface area (Å²) in [7, 11) is 1.88. The number of carbonyl (C=O) groups is 1. The van der Waals surface area contributed by atoms with E-state index in [1.165, 1.54) is 0 Å². The van der Waals surface area contributed by atoms with Crippen molar-refractivity contribution in [1.29, 1.82) is 5.26 Å². The third-order valence-electron chi connectivity index (χ3n) is 3.44. The van der Waals surface area contributed by atoms with Crippen molar-refractivity contribution in [1.82, 2.24) is 10.2 Å². The van der Waals surface area contributed by atoms with Crippen molar-refractivity contribution < 1.29 is 9.53 Å². The monoisotopic (exact) mass is 357 g/mol. The molecule has 1 amide bonds. The Labute approximate surface area is 152 Å². The number of ether oxygens (including phenoxy) is 1. The maximum atomic E-state index is 11.9. The standard InChI is InChI=1S/C19H20ClN3O2/c1-23(13-16-7-5-15(12-21)6-8-16)14-19(24)22-9-10-25-18-4-2-3-17(20)11-18/h2-8,11H,9-10,13-14H2,1H3,(H,22,24). The molecule has 0 aliphatic rings. The average molecular weight is 358 g/mol. The molecule has 2 rings (SSSR count). The number of hydrogen-bond acceptors (Lipinski definition) is 4. The molecule has 0 unspecified atom stereocenters. The molecule has 0 heterocycles. The van der Waals surface area contributed by atoms with Gasteiger partial charge in [0.1, 0.15) is 12.4 Å². The van der Waals surface area contributed by atoms with Crippen LogP contribution < -0.4 is 10.1 Å². The zero-order valence-corrected chi connectivity index (χ0v) is 14.8. The van der Waals surface area contributed by atoms with Crippen LogP contribution in [0.2, 0.25) is 5.02 Å². The van der Waals surface area contributed by atoms with E-state index in [4.69, 9.17) is 21.6 Å². The average Bonchev–Trinajstić information content (AvgIpc) is 2.59. The summed E-state index contributed by atoms with van der Waals surface area (Å²) < 4.78 is 5.52. The van der Waals surface area contributed by atoms with E-state index in [9.17, 15) is 4.79 Å². The molecule has 5 nitrogen and oxygen atoms in total. The third kappa shape index (κ3) is 6.84. The van der Waals surface area contributed by atoms with Gasteiger partial charge in [-0.2, -0.15) is 5.26 Å². The molecule has 0 spiro atoms. The van der Waals surface area contributed by atoms with Gasteiger partial charge in [0, 0.05) is 11.6 Å². The Kier molecular flexibility index (Phi) is 7.27. The Morgan fingerprint density at radius 1 is 1.28 bits per heavy atom. The van der Waals surface area contributed by atoms with E-state index in [-0.39, 0.29) is 12.5 Å². The predicted molar refractivity (Wildman–Crippen MR) is 97.4 cm³/mol. The highest BCUT2D eigenvalue weighted by Gasteiger charge is 2.07. The number of halogens is 1. The molecule has 0 aliphatic heterocycles. The lowest BCUT2D eigenvalue weighted by molar-refractivity contribution is -0.122. The fraction of sp³-hybridized carbons (Fsp3) is 0.263. The van der Waals surface area contributed by atoms with Gasteiger partial charge < -0.3 is 10.1 Å². The van der Waals surface area contributed by atoms with Crippen LogP contribution in [0.3, 0.4) is 0 Å². The molecule has 0 aliphatic carbocycles. The lowest BCUT2D eigenvalue weighted by atomic mass is 10.1. The quantitative estimate of drug-likeness (QED) is 0.738. The first-order valence-electron chi connectivity index (χ1n) is 7.89. The summed E-state index contributed by atoms with van der Waals surface area (Å²) in [5, 5.41) is 12.2. The molecule has 25 heavy (non-hydrogen) atoms. The van der Waals surface area contributed by atoms with Gasteiger partial charge in [0.15, 0.2) is 0 Å². The largest absolute Gasteiger partial charge is 0.492 e. The number of carbonyl (C=O) groups excluding carboxylic acids is 1. The molecular weight excluding hydrogens is 338 g/mol. The first-order valence-corrected chi connectivity index (χ1v) is 8.27. The summed E-state index contributed by atoms with van der Waals surface area (Å²) >= 11 is 5.88. The van der Waals surface area contributed by atoms with Crippen molar-refractivity contribution in [2.45, 2.75) is 6.54 Å². The summed E-state index contributed by atoms with van der Waals surface area (Å²) in [5.41, 5.74) is 1.68. The number of likely N-dealkylation sites (N-methyl/N-ethyl adjacent to an activating group) is 1. The first-order chi connectivity index (χ1) is 12.1. The second kappa shape index (κ2) is 9.67.